The van der Waals surface area contributed by atoms with Crippen LogP contribution in [0.2, 0.25) is 0 Å². The van der Waals surface area contributed by atoms with Gasteiger partial charge in [0.2, 0.25) is 5.91 Å². The Morgan fingerprint density at radius 2 is 1.94 bits per heavy atom. The molecule has 3 nitrogen and oxygen atoms in total. The SMILES string of the molecule is CN(C(=O)C1CC2CCC1C2)c1ccc(N)cc1. The number of nitrogen functional groups attached to an aromatic ring is 1. The third kappa shape index (κ3) is 1.88. The highest BCUT2D eigenvalue weighted by Crippen LogP contribution is 2.49. The van der Waals surface area contributed by atoms with Crippen LogP contribution in [0.15, 0.2) is 24.3 Å². The number of carbonyl (C=O) groups excluding carboxylic acids is 1. The lowest BCUT2D eigenvalue weighted by molar-refractivity contribution is -0.123. The van der Waals surface area contributed by atoms with Gasteiger partial charge in [0, 0.05) is 24.3 Å². The zero-order chi connectivity index (χ0) is 12.7. The van der Waals surface area contributed by atoms with Crippen LogP contribution in [-0.2, 0) is 4.79 Å². The second-order valence-electron chi connectivity index (χ2n) is 5.77. The lowest BCUT2D eigenvalue weighted by atomic mass is 9.88. The van der Waals surface area contributed by atoms with E-state index in [1.165, 1.54) is 19.3 Å². The van der Waals surface area contributed by atoms with Crippen molar-refractivity contribution in [3.63, 3.8) is 0 Å². The summed E-state index contributed by atoms with van der Waals surface area (Å²) in [6.07, 6.45) is 4.95. The second-order valence-corrected chi connectivity index (χ2v) is 5.77. The molecule has 0 radical (unpaired) electrons. The van der Waals surface area contributed by atoms with Crippen LogP contribution in [0.25, 0.3) is 0 Å². The Morgan fingerprint density at radius 3 is 2.50 bits per heavy atom. The molecule has 18 heavy (non-hydrogen) atoms. The van der Waals surface area contributed by atoms with Crippen LogP contribution in [0.1, 0.15) is 25.7 Å². The Bertz CT molecular complexity index is 454. The number of fused-ring (bicyclic) bond motifs is 2. The Morgan fingerprint density at radius 1 is 1.22 bits per heavy atom. The molecule has 96 valence electrons. The first-order chi connectivity index (χ1) is 8.65. The number of hydrogen-bond acceptors (Lipinski definition) is 2. The summed E-state index contributed by atoms with van der Waals surface area (Å²) in [7, 11) is 1.87. The molecule has 3 atom stereocenters. The van der Waals surface area contributed by atoms with Crippen molar-refractivity contribution >= 4 is 17.3 Å². The van der Waals surface area contributed by atoms with E-state index in [1.807, 2.05) is 31.3 Å². The molecule has 0 aliphatic heterocycles. The maximum Gasteiger partial charge on any atom is 0.230 e. The summed E-state index contributed by atoms with van der Waals surface area (Å²) in [4.78, 5) is 14.3. The van der Waals surface area contributed by atoms with E-state index in [9.17, 15) is 4.79 Å². The molecule has 2 aliphatic carbocycles. The molecule has 0 heterocycles. The first-order valence-corrected chi connectivity index (χ1v) is 6.78. The van der Waals surface area contributed by atoms with E-state index >= 15 is 0 Å². The molecule has 2 fully saturated rings. The Kier molecular flexibility index (Phi) is 2.77. The van der Waals surface area contributed by atoms with E-state index in [0.29, 0.717) is 5.92 Å². The fourth-order valence-electron chi connectivity index (χ4n) is 3.62. The molecule has 3 unspecified atom stereocenters. The highest BCUT2D eigenvalue weighted by atomic mass is 16.2. The van der Waals surface area contributed by atoms with Gasteiger partial charge in [-0.3, -0.25) is 4.79 Å². The normalized spacial score (nSPS) is 29.5. The summed E-state index contributed by atoms with van der Waals surface area (Å²) in [5.41, 5.74) is 7.35. The van der Waals surface area contributed by atoms with Crippen molar-refractivity contribution in [2.45, 2.75) is 25.7 Å². The molecule has 3 rings (SSSR count). The van der Waals surface area contributed by atoms with Gasteiger partial charge in [0.1, 0.15) is 0 Å². The Hall–Kier alpha value is -1.51. The second kappa shape index (κ2) is 4.30. The van der Waals surface area contributed by atoms with Crippen LogP contribution in [0.4, 0.5) is 11.4 Å². The van der Waals surface area contributed by atoms with Crippen LogP contribution in [0.3, 0.4) is 0 Å². The number of hydrogen-bond donors (Lipinski definition) is 1. The van der Waals surface area contributed by atoms with E-state index in [0.717, 1.165) is 23.7 Å². The van der Waals surface area contributed by atoms with Gasteiger partial charge >= 0.3 is 0 Å². The molecule has 1 aromatic rings. The van der Waals surface area contributed by atoms with Crippen molar-refractivity contribution in [2.75, 3.05) is 17.7 Å². The molecular formula is C15H20N2O. The molecule has 2 N–H and O–H groups in total. The largest absolute Gasteiger partial charge is 0.399 e. The quantitative estimate of drug-likeness (QED) is 0.813. The van der Waals surface area contributed by atoms with E-state index in [-0.39, 0.29) is 11.8 Å². The molecule has 2 saturated carbocycles. The van der Waals surface area contributed by atoms with Gasteiger partial charge in [-0.1, -0.05) is 6.42 Å². The topological polar surface area (TPSA) is 46.3 Å². The van der Waals surface area contributed by atoms with Gasteiger partial charge in [-0.05, 0) is 55.4 Å². The van der Waals surface area contributed by atoms with Gasteiger partial charge in [0.25, 0.3) is 0 Å². The van der Waals surface area contributed by atoms with Gasteiger partial charge in [0.15, 0.2) is 0 Å². The Balaban J connectivity index is 1.74. The predicted octanol–water partition coefficient (Wildman–Crippen LogP) is 2.67. The molecule has 2 aliphatic rings. The number of nitrogens with zero attached hydrogens (tertiary/aromatic N) is 1. The maximum atomic E-state index is 12.5. The van der Waals surface area contributed by atoms with Crippen molar-refractivity contribution in [1.29, 1.82) is 0 Å². The molecule has 0 saturated heterocycles. The van der Waals surface area contributed by atoms with Crippen LogP contribution < -0.4 is 10.6 Å². The molecule has 0 aromatic heterocycles. The lowest BCUT2D eigenvalue weighted by Gasteiger charge is -2.26. The maximum absolute atomic E-state index is 12.5. The zero-order valence-electron chi connectivity index (χ0n) is 10.8. The summed E-state index contributed by atoms with van der Waals surface area (Å²) in [6, 6.07) is 7.53. The highest BCUT2D eigenvalue weighted by Gasteiger charge is 2.44. The monoisotopic (exact) mass is 244 g/mol. The Labute approximate surface area is 108 Å². The molecule has 2 bridgehead atoms. The number of benzene rings is 1. The van der Waals surface area contributed by atoms with Crippen LogP contribution in [0.5, 0.6) is 0 Å². The summed E-state index contributed by atoms with van der Waals surface area (Å²) < 4.78 is 0. The van der Waals surface area contributed by atoms with Gasteiger partial charge in [-0.2, -0.15) is 0 Å². The van der Waals surface area contributed by atoms with E-state index in [2.05, 4.69) is 0 Å². The first-order valence-electron chi connectivity index (χ1n) is 6.78. The predicted molar refractivity (Wildman–Crippen MR) is 73.2 cm³/mol. The van der Waals surface area contributed by atoms with Crippen molar-refractivity contribution in [2.24, 2.45) is 17.8 Å². The van der Waals surface area contributed by atoms with Crippen molar-refractivity contribution in [3.8, 4) is 0 Å². The number of amides is 1. The van der Waals surface area contributed by atoms with Crippen LogP contribution in [-0.4, -0.2) is 13.0 Å². The van der Waals surface area contributed by atoms with E-state index in [1.54, 1.807) is 4.90 Å². The van der Waals surface area contributed by atoms with Crippen LogP contribution >= 0.6 is 0 Å². The van der Waals surface area contributed by atoms with E-state index in [4.69, 9.17) is 5.73 Å². The van der Waals surface area contributed by atoms with Gasteiger partial charge in [-0.25, -0.2) is 0 Å². The fraction of sp³-hybridized carbons (Fsp3) is 0.533. The first kappa shape index (κ1) is 11.6. The number of anilines is 2. The van der Waals surface area contributed by atoms with Gasteiger partial charge < -0.3 is 10.6 Å². The van der Waals surface area contributed by atoms with Crippen LogP contribution in [0, 0.1) is 17.8 Å². The van der Waals surface area contributed by atoms with Crippen molar-refractivity contribution in [1.82, 2.24) is 0 Å². The molecular weight excluding hydrogens is 224 g/mol. The van der Waals surface area contributed by atoms with Crippen molar-refractivity contribution in [3.05, 3.63) is 24.3 Å². The number of nitrogens with two attached hydrogens (primary N) is 1. The minimum atomic E-state index is 0.256. The van der Waals surface area contributed by atoms with Gasteiger partial charge in [-0.15, -0.1) is 0 Å². The third-order valence-corrected chi connectivity index (χ3v) is 4.67. The van der Waals surface area contributed by atoms with Gasteiger partial charge in [0.05, 0.1) is 0 Å². The smallest absolute Gasteiger partial charge is 0.230 e. The summed E-state index contributed by atoms with van der Waals surface area (Å²) in [5.74, 6) is 1.99. The number of rotatable bonds is 2. The minimum Gasteiger partial charge on any atom is -0.399 e. The molecule has 3 heteroatoms. The fourth-order valence-corrected chi connectivity index (χ4v) is 3.62. The average Bonchev–Trinajstić information content (AvgIpc) is 3.00. The number of carbonyl (C=O) groups is 1. The summed E-state index contributed by atoms with van der Waals surface area (Å²) in [5, 5.41) is 0. The average molecular weight is 244 g/mol. The lowest BCUT2D eigenvalue weighted by Crippen LogP contribution is -2.35. The standard InChI is InChI=1S/C15H20N2O/c1-17(13-6-4-12(16)5-7-13)15(18)14-9-10-2-3-11(14)8-10/h4-7,10-11,14H,2-3,8-9,16H2,1H3. The molecule has 1 aromatic carbocycles. The highest BCUT2D eigenvalue weighted by molar-refractivity contribution is 5.95. The molecule has 0 spiro atoms. The minimum absolute atomic E-state index is 0.256. The van der Waals surface area contributed by atoms with Crippen molar-refractivity contribution < 1.29 is 4.79 Å². The summed E-state index contributed by atoms with van der Waals surface area (Å²) >= 11 is 0. The molecule has 1 amide bonds. The van der Waals surface area contributed by atoms with E-state index < -0.39 is 0 Å². The third-order valence-electron chi connectivity index (χ3n) is 4.67. The zero-order valence-corrected chi connectivity index (χ0v) is 10.8. The summed E-state index contributed by atoms with van der Waals surface area (Å²) in [6.45, 7) is 0.